The summed E-state index contributed by atoms with van der Waals surface area (Å²) < 4.78 is 1.97. The van der Waals surface area contributed by atoms with Crippen molar-refractivity contribution >= 4 is 5.97 Å². The molecule has 2 unspecified atom stereocenters. The van der Waals surface area contributed by atoms with Gasteiger partial charge in [-0.05, 0) is 38.8 Å². The van der Waals surface area contributed by atoms with Crippen LogP contribution in [0.1, 0.15) is 24.2 Å². The molecule has 1 saturated carbocycles. The molecule has 0 bridgehead atoms. The summed E-state index contributed by atoms with van der Waals surface area (Å²) >= 11 is 0. The van der Waals surface area contributed by atoms with Gasteiger partial charge in [-0.25, -0.2) is 0 Å². The molecule has 0 radical (unpaired) electrons. The number of aryl methyl sites for hydroxylation is 2. The third-order valence-corrected chi connectivity index (χ3v) is 3.16. The zero-order valence-electron chi connectivity index (χ0n) is 9.03. The van der Waals surface area contributed by atoms with Crippen LogP contribution in [-0.2, 0) is 4.79 Å². The van der Waals surface area contributed by atoms with Crippen LogP contribution in [0.2, 0.25) is 0 Å². The number of carboxylic acids is 1. The molecule has 2 rings (SSSR count). The SMILES string of the molecule is Cc1ccc(C)n1NC1CCC1C(=O)O. The highest BCUT2D eigenvalue weighted by Crippen LogP contribution is 2.28. The predicted octanol–water partition coefficient (Wildman–Crippen LogP) is 1.51. The van der Waals surface area contributed by atoms with Crippen LogP contribution >= 0.6 is 0 Å². The van der Waals surface area contributed by atoms with Crippen LogP contribution < -0.4 is 5.43 Å². The second-order valence-corrected chi connectivity index (χ2v) is 4.21. The molecule has 1 aliphatic carbocycles. The number of aromatic nitrogens is 1. The summed E-state index contributed by atoms with van der Waals surface area (Å²) in [6.07, 6.45) is 1.72. The lowest BCUT2D eigenvalue weighted by atomic mass is 9.80. The van der Waals surface area contributed by atoms with Gasteiger partial charge in [-0.3, -0.25) is 9.47 Å². The van der Waals surface area contributed by atoms with E-state index in [0.29, 0.717) is 0 Å². The minimum atomic E-state index is -0.693. The van der Waals surface area contributed by atoms with Gasteiger partial charge in [-0.15, -0.1) is 0 Å². The van der Waals surface area contributed by atoms with Crippen LogP contribution in [0, 0.1) is 19.8 Å². The van der Waals surface area contributed by atoms with Crippen LogP contribution in [0.25, 0.3) is 0 Å². The highest BCUT2D eigenvalue weighted by atomic mass is 16.4. The van der Waals surface area contributed by atoms with Crippen LogP contribution in [0.15, 0.2) is 12.1 Å². The number of nitrogens with one attached hydrogen (secondary N) is 1. The highest BCUT2D eigenvalue weighted by Gasteiger charge is 2.36. The summed E-state index contributed by atoms with van der Waals surface area (Å²) in [5, 5.41) is 8.92. The van der Waals surface area contributed by atoms with Crippen molar-refractivity contribution in [3.63, 3.8) is 0 Å². The van der Waals surface area contributed by atoms with Crippen LogP contribution in [-0.4, -0.2) is 21.8 Å². The monoisotopic (exact) mass is 208 g/mol. The lowest BCUT2D eigenvalue weighted by molar-refractivity contribution is -0.145. The van der Waals surface area contributed by atoms with Gasteiger partial charge in [0.15, 0.2) is 0 Å². The van der Waals surface area contributed by atoms with Gasteiger partial charge in [0.25, 0.3) is 0 Å². The van der Waals surface area contributed by atoms with Crippen molar-refractivity contribution in [2.24, 2.45) is 5.92 Å². The van der Waals surface area contributed by atoms with Crippen LogP contribution in [0.4, 0.5) is 0 Å². The second-order valence-electron chi connectivity index (χ2n) is 4.21. The van der Waals surface area contributed by atoms with E-state index in [9.17, 15) is 4.79 Å². The van der Waals surface area contributed by atoms with Crippen LogP contribution in [0.3, 0.4) is 0 Å². The molecular weight excluding hydrogens is 192 g/mol. The minimum Gasteiger partial charge on any atom is -0.481 e. The Labute approximate surface area is 88.9 Å². The van der Waals surface area contributed by atoms with Gasteiger partial charge in [0.2, 0.25) is 0 Å². The van der Waals surface area contributed by atoms with Crippen molar-refractivity contribution in [3.8, 4) is 0 Å². The van der Waals surface area contributed by atoms with Gasteiger partial charge in [0, 0.05) is 11.4 Å². The van der Waals surface area contributed by atoms with Crippen molar-refractivity contribution in [2.45, 2.75) is 32.7 Å². The molecule has 2 atom stereocenters. The maximum Gasteiger partial charge on any atom is 0.308 e. The van der Waals surface area contributed by atoms with Gasteiger partial charge in [0.1, 0.15) is 0 Å². The number of nitrogens with zero attached hydrogens (tertiary/aromatic N) is 1. The third kappa shape index (κ3) is 1.71. The number of aliphatic carboxylic acids is 1. The molecule has 4 nitrogen and oxygen atoms in total. The smallest absolute Gasteiger partial charge is 0.308 e. The maximum absolute atomic E-state index is 10.8. The molecule has 1 aromatic heterocycles. The zero-order valence-corrected chi connectivity index (χ0v) is 9.03. The van der Waals surface area contributed by atoms with Gasteiger partial charge >= 0.3 is 5.97 Å². The summed E-state index contributed by atoms with van der Waals surface area (Å²) in [6, 6.07) is 4.13. The topological polar surface area (TPSA) is 54.3 Å². The van der Waals surface area contributed by atoms with E-state index >= 15 is 0 Å². The quantitative estimate of drug-likeness (QED) is 0.791. The zero-order chi connectivity index (χ0) is 11.0. The van der Waals surface area contributed by atoms with Gasteiger partial charge in [-0.1, -0.05) is 0 Å². The average Bonchev–Trinajstić information content (AvgIpc) is 2.40. The fourth-order valence-corrected chi connectivity index (χ4v) is 1.99. The Balaban J connectivity index is 2.07. The van der Waals surface area contributed by atoms with E-state index in [2.05, 4.69) is 5.43 Å². The fraction of sp³-hybridized carbons (Fsp3) is 0.545. The Kier molecular flexibility index (Phi) is 2.42. The average molecular weight is 208 g/mol. The van der Waals surface area contributed by atoms with E-state index in [0.717, 1.165) is 24.2 Å². The molecule has 0 amide bonds. The van der Waals surface area contributed by atoms with Crippen molar-refractivity contribution in [1.82, 2.24) is 4.68 Å². The fourth-order valence-electron chi connectivity index (χ4n) is 1.99. The van der Waals surface area contributed by atoms with E-state index in [1.165, 1.54) is 0 Å². The summed E-state index contributed by atoms with van der Waals surface area (Å²) in [5.74, 6) is -0.924. The van der Waals surface area contributed by atoms with Crippen molar-refractivity contribution in [2.75, 3.05) is 5.43 Å². The van der Waals surface area contributed by atoms with E-state index in [1.54, 1.807) is 0 Å². The Hall–Kier alpha value is -1.45. The van der Waals surface area contributed by atoms with E-state index in [1.807, 2.05) is 30.7 Å². The van der Waals surface area contributed by atoms with Gasteiger partial charge < -0.3 is 10.5 Å². The van der Waals surface area contributed by atoms with Gasteiger partial charge in [0.05, 0.1) is 12.0 Å². The Morgan fingerprint density at radius 2 is 2.00 bits per heavy atom. The Bertz CT molecular complexity index is 364. The summed E-state index contributed by atoms with van der Waals surface area (Å²) in [6.45, 7) is 4.02. The molecule has 1 heterocycles. The Morgan fingerprint density at radius 1 is 1.40 bits per heavy atom. The molecule has 1 aliphatic rings. The molecule has 0 aromatic carbocycles. The summed E-state index contributed by atoms with van der Waals surface area (Å²) in [5.41, 5.74) is 5.49. The molecule has 1 fully saturated rings. The number of hydrogen-bond donors (Lipinski definition) is 2. The molecule has 82 valence electrons. The first kappa shape index (κ1) is 10.1. The molecule has 0 spiro atoms. The van der Waals surface area contributed by atoms with E-state index < -0.39 is 5.97 Å². The largest absolute Gasteiger partial charge is 0.481 e. The van der Waals surface area contributed by atoms with Crippen molar-refractivity contribution in [1.29, 1.82) is 0 Å². The lowest BCUT2D eigenvalue weighted by Crippen LogP contribution is -2.46. The molecule has 15 heavy (non-hydrogen) atoms. The first-order chi connectivity index (χ1) is 7.09. The van der Waals surface area contributed by atoms with Crippen molar-refractivity contribution in [3.05, 3.63) is 23.5 Å². The normalized spacial score (nSPS) is 24.7. The number of hydrogen-bond acceptors (Lipinski definition) is 2. The molecule has 4 heteroatoms. The first-order valence-electron chi connectivity index (χ1n) is 5.24. The maximum atomic E-state index is 10.8. The minimum absolute atomic E-state index is 0.0762. The van der Waals surface area contributed by atoms with Crippen LogP contribution in [0.5, 0.6) is 0 Å². The third-order valence-electron chi connectivity index (χ3n) is 3.16. The highest BCUT2D eigenvalue weighted by molar-refractivity contribution is 5.72. The summed E-state index contributed by atoms with van der Waals surface area (Å²) in [4.78, 5) is 10.8. The lowest BCUT2D eigenvalue weighted by Gasteiger charge is -2.35. The molecule has 1 aromatic rings. The number of rotatable bonds is 3. The van der Waals surface area contributed by atoms with E-state index in [4.69, 9.17) is 5.11 Å². The second kappa shape index (κ2) is 3.61. The molecule has 0 aliphatic heterocycles. The van der Waals surface area contributed by atoms with Crippen molar-refractivity contribution < 1.29 is 9.90 Å². The van der Waals surface area contributed by atoms with Gasteiger partial charge in [-0.2, -0.15) is 0 Å². The predicted molar refractivity (Wildman–Crippen MR) is 57.4 cm³/mol. The molecule has 2 N–H and O–H groups in total. The Morgan fingerprint density at radius 3 is 2.40 bits per heavy atom. The summed E-state index contributed by atoms with van der Waals surface area (Å²) in [7, 11) is 0. The number of carbonyl (C=O) groups is 1. The molecule has 0 saturated heterocycles. The first-order valence-corrected chi connectivity index (χ1v) is 5.24. The standard InChI is InChI=1S/C11H16N2O2/c1-7-3-4-8(2)13(7)12-10-6-5-9(10)11(14)15/h3-4,9-10,12H,5-6H2,1-2H3,(H,14,15). The molecular formula is C11H16N2O2. The number of carboxylic acid groups (broad SMARTS) is 1. The van der Waals surface area contributed by atoms with E-state index in [-0.39, 0.29) is 12.0 Å².